The van der Waals surface area contributed by atoms with Crippen LogP contribution in [0, 0.1) is 12.8 Å². The van der Waals surface area contributed by atoms with E-state index in [0.717, 1.165) is 30.6 Å². The van der Waals surface area contributed by atoms with E-state index >= 15 is 0 Å². The van der Waals surface area contributed by atoms with Crippen LogP contribution in [-0.4, -0.2) is 68.7 Å². The first kappa shape index (κ1) is 20.3. The highest BCUT2D eigenvalue weighted by atomic mass is 32.2. The number of likely N-dealkylation sites (tertiary alicyclic amines) is 1. The second kappa shape index (κ2) is 8.39. The summed E-state index contributed by atoms with van der Waals surface area (Å²) in [6, 6.07) is 3.43. The topological polar surface area (TPSA) is 76.2 Å². The molecule has 0 aliphatic carbocycles. The maximum Gasteiger partial charge on any atom is 0.252 e. The number of hydrogen-bond donors (Lipinski definition) is 0. The average molecular weight is 429 g/mol. The summed E-state index contributed by atoms with van der Waals surface area (Å²) in [6.45, 7) is 4.46. The number of nitrogens with zero attached hydrogens (tertiary/aromatic N) is 2. The Hall–Kier alpha value is -1.00. The molecule has 7 nitrogen and oxygen atoms in total. The summed E-state index contributed by atoms with van der Waals surface area (Å²) in [5.74, 6) is -0.252. The normalized spacial score (nSPS) is 28.0. The minimum absolute atomic E-state index is 0.0473. The minimum Gasteiger partial charge on any atom is -0.348 e. The molecule has 156 valence electrons. The highest BCUT2D eigenvalue weighted by Gasteiger charge is 2.41. The van der Waals surface area contributed by atoms with Gasteiger partial charge in [-0.2, -0.15) is 4.31 Å². The lowest BCUT2D eigenvalue weighted by Gasteiger charge is -2.41. The van der Waals surface area contributed by atoms with Crippen LogP contribution >= 0.6 is 11.3 Å². The van der Waals surface area contributed by atoms with Crippen molar-refractivity contribution in [3.63, 3.8) is 0 Å². The van der Waals surface area contributed by atoms with Crippen molar-refractivity contribution in [1.29, 1.82) is 0 Å². The molecule has 28 heavy (non-hydrogen) atoms. The van der Waals surface area contributed by atoms with Gasteiger partial charge in [-0.25, -0.2) is 8.42 Å². The van der Waals surface area contributed by atoms with E-state index in [9.17, 15) is 13.2 Å². The van der Waals surface area contributed by atoms with Crippen molar-refractivity contribution in [2.75, 3.05) is 32.8 Å². The monoisotopic (exact) mass is 428 g/mol. The van der Waals surface area contributed by atoms with Crippen molar-refractivity contribution in [2.24, 2.45) is 5.92 Å². The number of amides is 1. The predicted octanol–water partition coefficient (Wildman–Crippen LogP) is 2.21. The first-order valence-electron chi connectivity index (χ1n) is 10.1. The highest BCUT2D eigenvalue weighted by molar-refractivity contribution is 7.91. The van der Waals surface area contributed by atoms with Crippen molar-refractivity contribution >= 4 is 27.3 Å². The van der Waals surface area contributed by atoms with Crippen LogP contribution in [0.15, 0.2) is 16.3 Å². The SMILES string of the molecule is Cc1ccc(S(=O)(=O)N2CCCC(C(=O)N3CCCCC3C3OCCO3)C2)s1. The molecule has 1 amide bonds. The van der Waals surface area contributed by atoms with Crippen LogP contribution in [0.2, 0.25) is 0 Å². The quantitative estimate of drug-likeness (QED) is 0.735. The van der Waals surface area contributed by atoms with Gasteiger partial charge in [-0.15, -0.1) is 11.3 Å². The third-order valence-corrected chi connectivity index (χ3v) is 9.17. The summed E-state index contributed by atoms with van der Waals surface area (Å²) in [5.41, 5.74) is 0. The standard InChI is InChI=1S/C19H28N2O5S2/c1-14-7-8-17(27-14)28(23,24)20-9-4-5-15(13-20)18(22)21-10-3-2-6-16(21)19-25-11-12-26-19/h7-8,15-16,19H,2-6,9-13H2,1H3. The van der Waals surface area contributed by atoms with Crippen LogP contribution in [0.25, 0.3) is 0 Å². The van der Waals surface area contributed by atoms with Crippen molar-refractivity contribution < 1.29 is 22.7 Å². The van der Waals surface area contributed by atoms with Gasteiger partial charge >= 0.3 is 0 Å². The van der Waals surface area contributed by atoms with Crippen molar-refractivity contribution in [3.8, 4) is 0 Å². The Kier molecular flexibility index (Phi) is 6.08. The molecule has 4 heterocycles. The molecule has 1 aromatic heterocycles. The maximum absolute atomic E-state index is 13.3. The first-order valence-corrected chi connectivity index (χ1v) is 12.3. The Bertz CT molecular complexity index is 803. The Morgan fingerprint density at radius 3 is 2.61 bits per heavy atom. The van der Waals surface area contributed by atoms with E-state index < -0.39 is 10.0 Å². The summed E-state index contributed by atoms with van der Waals surface area (Å²) >= 11 is 1.29. The second-order valence-electron chi connectivity index (χ2n) is 7.77. The molecule has 0 N–H and O–H groups in total. The molecule has 0 saturated carbocycles. The summed E-state index contributed by atoms with van der Waals surface area (Å²) in [5, 5.41) is 0. The molecule has 0 radical (unpaired) electrons. The molecule has 3 aliphatic rings. The Morgan fingerprint density at radius 1 is 1.11 bits per heavy atom. The van der Waals surface area contributed by atoms with E-state index in [0.29, 0.717) is 36.9 Å². The molecule has 0 spiro atoms. The summed E-state index contributed by atoms with van der Waals surface area (Å²) in [6.07, 6.45) is 3.98. The van der Waals surface area contributed by atoms with Gasteiger partial charge in [-0.3, -0.25) is 4.79 Å². The maximum atomic E-state index is 13.3. The molecule has 2 unspecified atom stereocenters. The average Bonchev–Trinajstić information content (AvgIpc) is 3.40. The van der Waals surface area contributed by atoms with Gasteiger partial charge in [-0.1, -0.05) is 0 Å². The molecule has 3 saturated heterocycles. The molecular weight excluding hydrogens is 400 g/mol. The van der Waals surface area contributed by atoms with Gasteiger partial charge in [0.15, 0.2) is 6.29 Å². The fourth-order valence-corrected chi connectivity index (χ4v) is 7.35. The lowest BCUT2D eigenvalue weighted by Crippen LogP contribution is -2.54. The Labute approximate surface area is 170 Å². The number of piperidine rings is 2. The number of ether oxygens (including phenoxy) is 2. The summed E-state index contributed by atoms with van der Waals surface area (Å²) < 4.78 is 39.2. The zero-order chi connectivity index (χ0) is 19.7. The van der Waals surface area contributed by atoms with Crippen LogP contribution in [-0.2, 0) is 24.3 Å². The molecule has 2 atom stereocenters. The molecule has 3 aliphatic heterocycles. The minimum atomic E-state index is -3.54. The zero-order valence-corrected chi connectivity index (χ0v) is 17.8. The number of aryl methyl sites for hydroxylation is 1. The lowest BCUT2D eigenvalue weighted by molar-refractivity contribution is -0.155. The molecule has 9 heteroatoms. The van der Waals surface area contributed by atoms with E-state index in [1.165, 1.54) is 15.6 Å². The third-order valence-electron chi connectivity index (χ3n) is 5.84. The molecule has 0 aromatic carbocycles. The van der Waals surface area contributed by atoms with Gasteiger partial charge in [-0.05, 0) is 51.2 Å². The first-order chi connectivity index (χ1) is 13.5. The Morgan fingerprint density at radius 2 is 1.89 bits per heavy atom. The Balaban J connectivity index is 1.48. The van der Waals surface area contributed by atoms with Crippen LogP contribution in [0.5, 0.6) is 0 Å². The largest absolute Gasteiger partial charge is 0.348 e. The summed E-state index contributed by atoms with van der Waals surface area (Å²) in [7, 11) is -3.54. The van der Waals surface area contributed by atoms with Gasteiger partial charge in [0, 0.05) is 24.5 Å². The third kappa shape index (κ3) is 4.00. The van der Waals surface area contributed by atoms with E-state index in [1.54, 1.807) is 6.07 Å². The van der Waals surface area contributed by atoms with Crippen molar-refractivity contribution in [1.82, 2.24) is 9.21 Å². The fraction of sp³-hybridized carbons (Fsp3) is 0.737. The van der Waals surface area contributed by atoms with E-state index in [4.69, 9.17) is 9.47 Å². The van der Waals surface area contributed by atoms with Gasteiger partial charge in [0.1, 0.15) is 4.21 Å². The smallest absolute Gasteiger partial charge is 0.252 e. The number of sulfonamides is 1. The van der Waals surface area contributed by atoms with Gasteiger partial charge < -0.3 is 14.4 Å². The van der Waals surface area contributed by atoms with E-state index in [-0.39, 0.29) is 30.7 Å². The van der Waals surface area contributed by atoms with Gasteiger partial charge in [0.25, 0.3) is 10.0 Å². The number of rotatable bonds is 4. The molecular formula is C19H28N2O5S2. The number of carbonyl (C=O) groups excluding carboxylic acids is 1. The second-order valence-corrected chi connectivity index (χ2v) is 11.2. The van der Waals surface area contributed by atoms with E-state index in [1.807, 2.05) is 17.9 Å². The highest BCUT2D eigenvalue weighted by Crippen LogP contribution is 2.31. The van der Waals surface area contributed by atoms with Crippen LogP contribution in [0.4, 0.5) is 0 Å². The van der Waals surface area contributed by atoms with Crippen LogP contribution in [0.3, 0.4) is 0 Å². The molecule has 4 rings (SSSR count). The van der Waals surface area contributed by atoms with Crippen molar-refractivity contribution in [3.05, 3.63) is 17.0 Å². The van der Waals surface area contributed by atoms with Crippen LogP contribution < -0.4 is 0 Å². The van der Waals surface area contributed by atoms with Crippen molar-refractivity contribution in [2.45, 2.75) is 55.6 Å². The molecule has 0 bridgehead atoms. The lowest BCUT2D eigenvalue weighted by atomic mass is 9.94. The van der Waals surface area contributed by atoms with Crippen LogP contribution in [0.1, 0.15) is 37.0 Å². The van der Waals surface area contributed by atoms with E-state index in [2.05, 4.69) is 0 Å². The number of hydrogen-bond acceptors (Lipinski definition) is 6. The number of carbonyl (C=O) groups is 1. The fourth-order valence-electron chi connectivity index (χ4n) is 4.39. The van der Waals surface area contributed by atoms with Gasteiger partial charge in [0.05, 0.1) is 25.2 Å². The van der Waals surface area contributed by atoms with Gasteiger partial charge in [0.2, 0.25) is 5.91 Å². The predicted molar refractivity (Wildman–Crippen MR) is 106 cm³/mol. The molecule has 3 fully saturated rings. The number of thiophene rings is 1. The molecule has 1 aromatic rings. The summed E-state index contributed by atoms with van der Waals surface area (Å²) in [4.78, 5) is 16.2. The zero-order valence-electron chi connectivity index (χ0n) is 16.2.